The molecule has 0 bridgehead atoms. The molecule has 3 rings (SSSR count). The fourth-order valence-corrected chi connectivity index (χ4v) is 3.00. The number of nitrogens with zero attached hydrogens (tertiary/aromatic N) is 1. The quantitative estimate of drug-likeness (QED) is 0.943. The van der Waals surface area contributed by atoms with E-state index in [1.807, 2.05) is 32.0 Å². The van der Waals surface area contributed by atoms with Crippen LogP contribution in [0.5, 0.6) is 5.75 Å². The van der Waals surface area contributed by atoms with Gasteiger partial charge in [0, 0.05) is 24.0 Å². The smallest absolute Gasteiger partial charge is 0.255 e. The van der Waals surface area contributed by atoms with Crippen molar-refractivity contribution in [3.05, 3.63) is 53.6 Å². The van der Waals surface area contributed by atoms with Crippen LogP contribution < -0.4 is 15.0 Å². The average Bonchev–Trinajstić information content (AvgIpc) is 2.76. The largest absolute Gasteiger partial charge is 0.497 e. The number of rotatable bonds is 3. The molecule has 1 aliphatic heterocycles. The van der Waals surface area contributed by atoms with Gasteiger partial charge in [0.15, 0.2) is 0 Å². The van der Waals surface area contributed by atoms with Crippen molar-refractivity contribution in [1.29, 1.82) is 0 Å². The first-order valence-corrected chi connectivity index (χ1v) is 7.72. The molecule has 2 aromatic rings. The van der Waals surface area contributed by atoms with Crippen molar-refractivity contribution in [2.75, 3.05) is 24.4 Å². The zero-order valence-electron chi connectivity index (χ0n) is 14.2. The Morgan fingerprint density at radius 2 is 1.79 bits per heavy atom. The number of carbonyl (C=O) groups excluding carboxylic acids is 2. The molecular weight excluding hydrogens is 304 g/mol. The molecule has 0 unspecified atom stereocenters. The number of nitrogens with one attached hydrogen (secondary N) is 1. The highest BCUT2D eigenvalue weighted by Crippen LogP contribution is 2.41. The van der Waals surface area contributed by atoms with E-state index in [9.17, 15) is 9.59 Å². The SMILES string of the molecule is COc1ccc(C(=O)Nc2ccc3c(c2)C(C)(C)C(=O)N3C)cc1. The molecule has 5 nitrogen and oxygen atoms in total. The Labute approximate surface area is 141 Å². The second kappa shape index (κ2) is 5.67. The van der Waals surface area contributed by atoms with Crippen molar-refractivity contribution in [2.45, 2.75) is 19.3 Å². The molecule has 124 valence electrons. The normalized spacial score (nSPS) is 15.2. The predicted molar refractivity (Wildman–Crippen MR) is 93.8 cm³/mol. The summed E-state index contributed by atoms with van der Waals surface area (Å²) >= 11 is 0. The maximum atomic E-state index is 12.4. The first kappa shape index (κ1) is 16.1. The zero-order valence-corrected chi connectivity index (χ0v) is 14.2. The summed E-state index contributed by atoms with van der Waals surface area (Å²) < 4.78 is 5.09. The van der Waals surface area contributed by atoms with Gasteiger partial charge in [-0.3, -0.25) is 9.59 Å². The minimum absolute atomic E-state index is 0.0520. The van der Waals surface area contributed by atoms with Gasteiger partial charge in [-0.25, -0.2) is 0 Å². The molecule has 2 aromatic carbocycles. The van der Waals surface area contributed by atoms with E-state index in [4.69, 9.17) is 4.74 Å². The molecule has 0 fully saturated rings. The van der Waals surface area contributed by atoms with E-state index < -0.39 is 5.41 Å². The maximum absolute atomic E-state index is 12.4. The Kier molecular flexibility index (Phi) is 3.79. The van der Waals surface area contributed by atoms with Crippen LogP contribution in [-0.4, -0.2) is 26.0 Å². The Bertz CT molecular complexity index is 810. The minimum atomic E-state index is -0.592. The number of carbonyl (C=O) groups is 2. The Balaban J connectivity index is 1.85. The summed E-state index contributed by atoms with van der Waals surface area (Å²) in [4.78, 5) is 26.4. The van der Waals surface area contributed by atoms with Crippen molar-refractivity contribution in [1.82, 2.24) is 0 Å². The van der Waals surface area contributed by atoms with E-state index in [0.29, 0.717) is 17.0 Å². The van der Waals surface area contributed by atoms with E-state index in [1.165, 1.54) is 0 Å². The fourth-order valence-electron chi connectivity index (χ4n) is 3.00. The predicted octanol–water partition coefficient (Wildman–Crippen LogP) is 3.20. The Morgan fingerprint density at radius 1 is 1.12 bits per heavy atom. The number of benzene rings is 2. The van der Waals surface area contributed by atoms with Crippen LogP contribution in [0.2, 0.25) is 0 Å². The van der Waals surface area contributed by atoms with Gasteiger partial charge in [0.1, 0.15) is 5.75 Å². The first-order chi connectivity index (χ1) is 11.3. The van der Waals surface area contributed by atoms with Gasteiger partial charge < -0.3 is 15.0 Å². The third kappa shape index (κ3) is 2.52. The van der Waals surface area contributed by atoms with Gasteiger partial charge in [-0.2, -0.15) is 0 Å². The van der Waals surface area contributed by atoms with Gasteiger partial charge in [-0.15, -0.1) is 0 Å². The van der Waals surface area contributed by atoms with Gasteiger partial charge >= 0.3 is 0 Å². The lowest BCUT2D eigenvalue weighted by atomic mass is 9.86. The van der Waals surface area contributed by atoms with Gasteiger partial charge in [0.25, 0.3) is 5.91 Å². The third-order valence-electron chi connectivity index (χ3n) is 4.48. The second-order valence-corrected chi connectivity index (χ2v) is 6.40. The van der Waals surface area contributed by atoms with Crippen LogP contribution in [0, 0.1) is 0 Å². The summed E-state index contributed by atoms with van der Waals surface area (Å²) in [6.07, 6.45) is 0. The highest BCUT2D eigenvalue weighted by atomic mass is 16.5. The Hall–Kier alpha value is -2.82. The van der Waals surface area contributed by atoms with Crippen LogP contribution >= 0.6 is 0 Å². The molecule has 0 saturated heterocycles. The number of methoxy groups -OCH3 is 1. The van der Waals surface area contributed by atoms with Crippen molar-refractivity contribution < 1.29 is 14.3 Å². The molecule has 0 aromatic heterocycles. The van der Waals surface area contributed by atoms with E-state index in [0.717, 1.165) is 11.3 Å². The van der Waals surface area contributed by atoms with Crippen molar-refractivity contribution >= 4 is 23.2 Å². The van der Waals surface area contributed by atoms with E-state index in [2.05, 4.69) is 5.32 Å². The highest BCUT2D eigenvalue weighted by Gasteiger charge is 2.42. The van der Waals surface area contributed by atoms with Crippen LogP contribution in [0.4, 0.5) is 11.4 Å². The maximum Gasteiger partial charge on any atom is 0.255 e. The summed E-state index contributed by atoms with van der Waals surface area (Å²) in [6.45, 7) is 3.79. The van der Waals surface area contributed by atoms with Crippen molar-refractivity contribution in [3.63, 3.8) is 0 Å². The molecule has 0 atom stereocenters. The zero-order chi connectivity index (χ0) is 17.5. The molecule has 0 radical (unpaired) electrons. The van der Waals surface area contributed by atoms with Gasteiger partial charge in [0.2, 0.25) is 5.91 Å². The number of amides is 2. The fraction of sp³-hybridized carbons (Fsp3) is 0.263. The number of hydrogen-bond donors (Lipinski definition) is 1. The van der Waals surface area contributed by atoms with Crippen LogP contribution in [0.1, 0.15) is 29.8 Å². The first-order valence-electron chi connectivity index (χ1n) is 7.72. The minimum Gasteiger partial charge on any atom is -0.497 e. The summed E-state index contributed by atoms with van der Waals surface area (Å²) in [5.41, 5.74) is 2.43. The lowest BCUT2D eigenvalue weighted by molar-refractivity contribution is -0.121. The molecule has 5 heteroatoms. The lowest BCUT2D eigenvalue weighted by Crippen LogP contribution is -2.33. The summed E-state index contributed by atoms with van der Waals surface area (Å²) in [5.74, 6) is 0.552. The van der Waals surface area contributed by atoms with Crippen LogP contribution in [0.25, 0.3) is 0 Å². The average molecular weight is 324 g/mol. The highest BCUT2D eigenvalue weighted by molar-refractivity contribution is 6.08. The van der Waals surface area contributed by atoms with E-state index in [1.54, 1.807) is 43.3 Å². The lowest BCUT2D eigenvalue weighted by Gasteiger charge is -2.16. The van der Waals surface area contributed by atoms with Crippen LogP contribution in [0.15, 0.2) is 42.5 Å². The Morgan fingerprint density at radius 3 is 2.42 bits per heavy atom. The van der Waals surface area contributed by atoms with Crippen LogP contribution in [0.3, 0.4) is 0 Å². The summed E-state index contributed by atoms with van der Waals surface area (Å²) in [5, 5.41) is 2.88. The molecular formula is C19H20N2O3. The standard InChI is InChI=1S/C19H20N2O3/c1-19(2)15-11-13(7-10-16(15)21(3)18(19)23)20-17(22)12-5-8-14(24-4)9-6-12/h5-11H,1-4H3,(H,20,22). The monoisotopic (exact) mass is 324 g/mol. The topological polar surface area (TPSA) is 58.6 Å². The van der Waals surface area contributed by atoms with Gasteiger partial charge in [-0.1, -0.05) is 0 Å². The summed E-state index contributed by atoms with van der Waals surface area (Å²) in [7, 11) is 3.35. The van der Waals surface area contributed by atoms with Crippen molar-refractivity contribution in [2.24, 2.45) is 0 Å². The molecule has 0 aliphatic carbocycles. The number of hydrogen-bond acceptors (Lipinski definition) is 3. The number of anilines is 2. The van der Waals surface area contributed by atoms with Gasteiger partial charge in [0.05, 0.1) is 12.5 Å². The molecule has 2 amide bonds. The summed E-state index contributed by atoms with van der Waals surface area (Å²) in [6, 6.07) is 12.5. The van der Waals surface area contributed by atoms with Crippen molar-refractivity contribution in [3.8, 4) is 5.75 Å². The molecule has 0 saturated carbocycles. The number of ether oxygens (including phenoxy) is 1. The van der Waals surface area contributed by atoms with Gasteiger partial charge in [-0.05, 0) is 61.9 Å². The third-order valence-corrected chi connectivity index (χ3v) is 4.48. The molecule has 0 spiro atoms. The number of likely N-dealkylation sites (N-methyl/N-ethyl adjacent to an activating group) is 1. The second-order valence-electron chi connectivity index (χ2n) is 6.40. The molecule has 24 heavy (non-hydrogen) atoms. The molecule has 1 aliphatic rings. The van der Waals surface area contributed by atoms with E-state index >= 15 is 0 Å². The number of fused-ring (bicyclic) bond motifs is 1. The van der Waals surface area contributed by atoms with E-state index in [-0.39, 0.29) is 11.8 Å². The molecule has 1 N–H and O–H groups in total. The van der Waals surface area contributed by atoms with Crippen LogP contribution in [-0.2, 0) is 10.2 Å². The molecule has 1 heterocycles.